The van der Waals surface area contributed by atoms with E-state index >= 15 is 0 Å². The van der Waals surface area contributed by atoms with Gasteiger partial charge in [-0.1, -0.05) is 35.6 Å². The van der Waals surface area contributed by atoms with E-state index in [-0.39, 0.29) is 12.4 Å². The fourth-order valence-corrected chi connectivity index (χ4v) is 3.00. The molecule has 0 fully saturated rings. The van der Waals surface area contributed by atoms with Crippen molar-refractivity contribution >= 4 is 49.9 Å². The zero-order valence-electron chi connectivity index (χ0n) is 10.0. The number of phenolic OH excluding ortho intramolecular Hbond substituents is 1. The van der Waals surface area contributed by atoms with E-state index in [1.54, 1.807) is 11.3 Å². The van der Waals surface area contributed by atoms with Gasteiger partial charge in [0.15, 0.2) is 5.13 Å². The smallest absolute Gasteiger partial charge is 0.183 e. The molecule has 2 aromatic carbocycles. The van der Waals surface area contributed by atoms with E-state index in [0.717, 1.165) is 31.7 Å². The van der Waals surface area contributed by atoms with Crippen LogP contribution in [0.3, 0.4) is 0 Å². The highest BCUT2D eigenvalue weighted by atomic mass is 35.5. The van der Waals surface area contributed by atoms with Gasteiger partial charge in [-0.25, -0.2) is 4.98 Å². The van der Waals surface area contributed by atoms with Gasteiger partial charge in [-0.05, 0) is 6.92 Å². The Labute approximate surface area is 115 Å². The van der Waals surface area contributed by atoms with E-state index in [4.69, 9.17) is 0 Å². The van der Waals surface area contributed by atoms with Crippen LogP contribution in [0.4, 0.5) is 5.13 Å². The van der Waals surface area contributed by atoms with Crippen LogP contribution in [-0.4, -0.2) is 17.1 Å². The van der Waals surface area contributed by atoms with Gasteiger partial charge >= 0.3 is 0 Å². The average molecular weight is 281 g/mol. The van der Waals surface area contributed by atoms with Crippen LogP contribution >= 0.6 is 23.7 Å². The van der Waals surface area contributed by atoms with Crippen LogP contribution in [0.5, 0.6) is 5.75 Å². The molecule has 0 radical (unpaired) electrons. The molecule has 0 spiro atoms. The number of nitrogens with zero attached hydrogens (tertiary/aromatic N) is 1. The largest absolute Gasteiger partial charge is 0.507 e. The van der Waals surface area contributed by atoms with Crippen LogP contribution in [-0.2, 0) is 0 Å². The molecule has 0 bridgehead atoms. The van der Waals surface area contributed by atoms with Crippen molar-refractivity contribution in [3.63, 3.8) is 0 Å². The molecular formula is C13H13ClN2OS. The van der Waals surface area contributed by atoms with E-state index in [2.05, 4.69) is 10.3 Å². The van der Waals surface area contributed by atoms with E-state index < -0.39 is 0 Å². The molecule has 3 rings (SSSR count). The Balaban J connectivity index is 0.00000120. The second-order valence-electron chi connectivity index (χ2n) is 3.97. The second kappa shape index (κ2) is 4.63. The van der Waals surface area contributed by atoms with Crippen molar-refractivity contribution in [2.45, 2.75) is 6.92 Å². The second-order valence-corrected chi connectivity index (χ2v) is 4.97. The Morgan fingerprint density at radius 1 is 1.22 bits per heavy atom. The number of halogens is 1. The third-order valence-electron chi connectivity index (χ3n) is 2.97. The number of hydrogen-bond acceptors (Lipinski definition) is 4. The summed E-state index contributed by atoms with van der Waals surface area (Å²) in [6, 6.07) is 7.82. The zero-order valence-corrected chi connectivity index (χ0v) is 11.7. The standard InChI is InChI=1S/C13H12N2OS.ClH/c1-7-11(16)9-6-4-3-5-8(9)10-12(7)17-13(14-2)15-10;/h3-6,16H,1-2H3,(H,14,15);1H. The Kier molecular flexibility index (Phi) is 3.32. The van der Waals surface area contributed by atoms with Crippen LogP contribution in [0.1, 0.15) is 5.56 Å². The number of aryl methyl sites for hydroxylation is 1. The molecule has 0 amide bonds. The van der Waals surface area contributed by atoms with Crippen molar-refractivity contribution in [3.05, 3.63) is 29.8 Å². The fraction of sp³-hybridized carbons (Fsp3) is 0.154. The lowest BCUT2D eigenvalue weighted by Crippen LogP contribution is -1.85. The van der Waals surface area contributed by atoms with Crippen LogP contribution in [0, 0.1) is 6.92 Å². The predicted octanol–water partition coefficient (Wildman–Crippen LogP) is 3.93. The first kappa shape index (κ1) is 12.9. The van der Waals surface area contributed by atoms with E-state index in [0.29, 0.717) is 5.75 Å². The summed E-state index contributed by atoms with van der Waals surface area (Å²) in [4.78, 5) is 4.56. The summed E-state index contributed by atoms with van der Waals surface area (Å²) in [5.41, 5.74) is 1.86. The maximum absolute atomic E-state index is 10.2. The summed E-state index contributed by atoms with van der Waals surface area (Å²) in [6.07, 6.45) is 0. The number of rotatable bonds is 1. The molecule has 1 heterocycles. The van der Waals surface area contributed by atoms with E-state index in [1.165, 1.54) is 0 Å². The van der Waals surface area contributed by atoms with Crippen molar-refractivity contribution in [2.24, 2.45) is 0 Å². The number of hydrogen-bond donors (Lipinski definition) is 2. The third kappa shape index (κ3) is 1.69. The zero-order chi connectivity index (χ0) is 12.0. The third-order valence-corrected chi connectivity index (χ3v) is 4.17. The molecule has 0 atom stereocenters. The molecule has 0 saturated carbocycles. The number of aromatic hydroxyl groups is 1. The summed E-state index contributed by atoms with van der Waals surface area (Å²) in [5.74, 6) is 0.361. The summed E-state index contributed by atoms with van der Waals surface area (Å²) in [6.45, 7) is 1.93. The van der Waals surface area contributed by atoms with E-state index in [1.807, 2.05) is 38.2 Å². The lowest BCUT2D eigenvalue weighted by Gasteiger charge is -2.05. The first-order chi connectivity index (χ1) is 8.22. The lowest BCUT2D eigenvalue weighted by molar-refractivity contribution is 0.478. The number of anilines is 1. The number of thiazole rings is 1. The minimum Gasteiger partial charge on any atom is -0.507 e. The van der Waals surface area contributed by atoms with Gasteiger partial charge in [0, 0.05) is 23.4 Å². The topological polar surface area (TPSA) is 45.2 Å². The first-order valence-corrected chi connectivity index (χ1v) is 6.22. The maximum Gasteiger partial charge on any atom is 0.183 e. The van der Waals surface area contributed by atoms with Crippen molar-refractivity contribution in [3.8, 4) is 5.75 Å². The van der Waals surface area contributed by atoms with Crippen LogP contribution in [0.15, 0.2) is 24.3 Å². The molecule has 3 aromatic rings. The minimum atomic E-state index is 0. The summed E-state index contributed by atoms with van der Waals surface area (Å²) in [5, 5.41) is 16.0. The van der Waals surface area contributed by atoms with Crippen LogP contribution < -0.4 is 5.32 Å². The summed E-state index contributed by atoms with van der Waals surface area (Å²) < 4.78 is 1.05. The van der Waals surface area contributed by atoms with Crippen molar-refractivity contribution in [1.29, 1.82) is 0 Å². The van der Waals surface area contributed by atoms with Crippen molar-refractivity contribution < 1.29 is 5.11 Å². The SMILES string of the molecule is CNc1nc2c(s1)c(C)c(O)c1ccccc12.Cl. The van der Waals surface area contributed by atoms with Gasteiger partial charge in [-0.3, -0.25) is 0 Å². The van der Waals surface area contributed by atoms with E-state index in [9.17, 15) is 5.11 Å². The molecule has 0 unspecified atom stereocenters. The highest BCUT2D eigenvalue weighted by molar-refractivity contribution is 7.22. The van der Waals surface area contributed by atoms with Gasteiger partial charge in [0.1, 0.15) is 5.75 Å². The number of benzene rings is 2. The first-order valence-electron chi connectivity index (χ1n) is 5.41. The fourth-order valence-electron chi connectivity index (χ4n) is 2.07. The van der Waals surface area contributed by atoms with Crippen molar-refractivity contribution in [1.82, 2.24) is 4.98 Å². The number of nitrogens with one attached hydrogen (secondary N) is 1. The van der Waals surface area contributed by atoms with Gasteiger partial charge in [0.2, 0.25) is 0 Å². The van der Waals surface area contributed by atoms with Crippen LogP contribution in [0.25, 0.3) is 21.0 Å². The molecule has 0 aliphatic heterocycles. The van der Waals surface area contributed by atoms with Gasteiger partial charge < -0.3 is 10.4 Å². The molecule has 1 aromatic heterocycles. The molecule has 0 saturated heterocycles. The molecule has 0 aliphatic carbocycles. The molecule has 2 N–H and O–H groups in total. The quantitative estimate of drug-likeness (QED) is 0.710. The Hall–Kier alpha value is -1.52. The molecular weight excluding hydrogens is 268 g/mol. The normalized spacial score (nSPS) is 10.6. The predicted molar refractivity (Wildman–Crippen MR) is 80.3 cm³/mol. The van der Waals surface area contributed by atoms with Gasteiger partial charge in [0.25, 0.3) is 0 Å². The lowest BCUT2D eigenvalue weighted by atomic mass is 10.0. The molecule has 18 heavy (non-hydrogen) atoms. The Morgan fingerprint density at radius 2 is 1.89 bits per heavy atom. The van der Waals surface area contributed by atoms with Gasteiger partial charge in [-0.2, -0.15) is 0 Å². The minimum absolute atomic E-state index is 0. The van der Waals surface area contributed by atoms with Crippen LogP contribution in [0.2, 0.25) is 0 Å². The number of fused-ring (bicyclic) bond motifs is 3. The molecule has 5 heteroatoms. The monoisotopic (exact) mass is 280 g/mol. The summed E-state index contributed by atoms with van der Waals surface area (Å²) in [7, 11) is 1.86. The molecule has 0 aliphatic rings. The maximum atomic E-state index is 10.2. The van der Waals surface area contributed by atoms with Gasteiger partial charge in [0.05, 0.1) is 10.2 Å². The molecule has 94 valence electrons. The number of phenols is 1. The highest BCUT2D eigenvalue weighted by Gasteiger charge is 2.14. The Morgan fingerprint density at radius 3 is 2.56 bits per heavy atom. The summed E-state index contributed by atoms with van der Waals surface area (Å²) >= 11 is 1.57. The number of aromatic nitrogens is 1. The highest BCUT2D eigenvalue weighted by Crippen LogP contribution is 2.40. The average Bonchev–Trinajstić information content (AvgIpc) is 2.80. The molecule has 3 nitrogen and oxygen atoms in total. The van der Waals surface area contributed by atoms with Gasteiger partial charge in [-0.15, -0.1) is 12.4 Å². The Bertz CT molecular complexity index is 724. The van der Waals surface area contributed by atoms with Crippen molar-refractivity contribution in [2.75, 3.05) is 12.4 Å².